The number of benzene rings is 1. The van der Waals surface area contributed by atoms with Gasteiger partial charge in [0.25, 0.3) is 0 Å². The number of pyridine rings is 1. The van der Waals surface area contributed by atoms with Gasteiger partial charge in [-0.05, 0) is 30.7 Å². The van der Waals surface area contributed by atoms with Crippen molar-refractivity contribution in [2.75, 3.05) is 0 Å². The van der Waals surface area contributed by atoms with Crippen LogP contribution in [0.5, 0.6) is 11.5 Å². The Bertz CT molecular complexity index is 644. The Kier molecular flexibility index (Phi) is 2.29. The molecular weight excluding hydrogens is 212 g/mol. The summed E-state index contributed by atoms with van der Waals surface area (Å²) in [6, 6.07) is 13.7. The van der Waals surface area contributed by atoms with Gasteiger partial charge in [0.1, 0.15) is 11.5 Å². The highest BCUT2D eigenvalue weighted by atomic mass is 16.5. The molecule has 0 aliphatic carbocycles. The molecule has 3 aromatic rings. The smallest absolute Gasteiger partial charge is 0.131 e. The molecule has 3 heteroatoms. The zero-order valence-corrected chi connectivity index (χ0v) is 9.50. The maximum Gasteiger partial charge on any atom is 0.131 e. The van der Waals surface area contributed by atoms with Crippen molar-refractivity contribution in [3.8, 4) is 11.5 Å². The Balaban J connectivity index is 1.98. The highest BCUT2D eigenvalue weighted by Gasteiger charge is 2.02. The molecule has 0 fully saturated rings. The number of hydrogen-bond acceptors (Lipinski definition) is 2. The van der Waals surface area contributed by atoms with Crippen LogP contribution in [-0.2, 0) is 0 Å². The van der Waals surface area contributed by atoms with Gasteiger partial charge in [-0.2, -0.15) is 5.10 Å². The maximum atomic E-state index is 5.77. The Hall–Kier alpha value is -2.29. The van der Waals surface area contributed by atoms with Gasteiger partial charge in [-0.1, -0.05) is 18.2 Å². The number of para-hydroxylation sites is 1. The zero-order chi connectivity index (χ0) is 11.7. The predicted octanol–water partition coefficient (Wildman–Crippen LogP) is 3.44. The molecule has 0 unspecified atom stereocenters. The molecule has 1 aromatic carbocycles. The van der Waals surface area contributed by atoms with E-state index in [1.165, 1.54) is 0 Å². The van der Waals surface area contributed by atoms with Crippen molar-refractivity contribution in [1.82, 2.24) is 9.61 Å². The van der Waals surface area contributed by atoms with Crippen LogP contribution < -0.4 is 4.74 Å². The highest BCUT2D eigenvalue weighted by Crippen LogP contribution is 2.23. The maximum absolute atomic E-state index is 5.77. The van der Waals surface area contributed by atoms with Crippen molar-refractivity contribution in [1.29, 1.82) is 0 Å². The van der Waals surface area contributed by atoms with Crippen molar-refractivity contribution in [3.63, 3.8) is 0 Å². The first-order valence-electron chi connectivity index (χ1n) is 5.50. The average molecular weight is 224 g/mol. The predicted molar refractivity (Wildman–Crippen MR) is 66.4 cm³/mol. The summed E-state index contributed by atoms with van der Waals surface area (Å²) in [5, 5.41) is 4.23. The van der Waals surface area contributed by atoms with Crippen LogP contribution in [0.3, 0.4) is 0 Å². The number of aryl methyl sites for hydroxylation is 1. The molecule has 0 spiro atoms. The van der Waals surface area contributed by atoms with E-state index in [-0.39, 0.29) is 0 Å². The molecule has 2 aromatic heterocycles. The fourth-order valence-corrected chi connectivity index (χ4v) is 1.77. The molecule has 84 valence electrons. The van der Waals surface area contributed by atoms with Crippen molar-refractivity contribution < 1.29 is 4.74 Å². The Morgan fingerprint density at radius 1 is 1.06 bits per heavy atom. The third-order valence-corrected chi connectivity index (χ3v) is 2.66. The van der Waals surface area contributed by atoms with E-state index >= 15 is 0 Å². The first kappa shape index (κ1) is 9.90. The lowest BCUT2D eigenvalue weighted by Crippen LogP contribution is -1.88. The van der Waals surface area contributed by atoms with Crippen LogP contribution in [-0.4, -0.2) is 9.61 Å². The van der Waals surface area contributed by atoms with Crippen molar-refractivity contribution in [3.05, 3.63) is 60.4 Å². The van der Waals surface area contributed by atoms with Crippen molar-refractivity contribution >= 4 is 5.52 Å². The summed E-state index contributed by atoms with van der Waals surface area (Å²) in [6.45, 7) is 2.04. The monoisotopic (exact) mass is 224 g/mol. The standard InChI is InChI=1S/C14H12N2O/c1-11-10-15-16-8-7-13(9-14(11)16)17-12-5-3-2-4-6-12/h2-10H,1H3. The van der Waals surface area contributed by atoms with E-state index < -0.39 is 0 Å². The molecule has 0 aliphatic rings. The Morgan fingerprint density at radius 3 is 2.71 bits per heavy atom. The molecule has 3 rings (SSSR count). The number of rotatable bonds is 2. The van der Waals surface area contributed by atoms with Gasteiger partial charge in [-0.3, -0.25) is 0 Å². The van der Waals surface area contributed by atoms with E-state index in [4.69, 9.17) is 4.74 Å². The fourth-order valence-electron chi connectivity index (χ4n) is 1.77. The largest absolute Gasteiger partial charge is 0.457 e. The number of nitrogens with zero attached hydrogens (tertiary/aromatic N) is 2. The summed E-state index contributed by atoms with van der Waals surface area (Å²) in [4.78, 5) is 0. The summed E-state index contributed by atoms with van der Waals surface area (Å²) in [5.74, 6) is 1.67. The average Bonchev–Trinajstić information content (AvgIpc) is 2.73. The molecule has 0 saturated heterocycles. The summed E-state index contributed by atoms with van der Waals surface area (Å²) < 4.78 is 7.61. The molecule has 3 nitrogen and oxygen atoms in total. The number of ether oxygens (including phenoxy) is 1. The Labute approximate surface area is 99.3 Å². The zero-order valence-electron chi connectivity index (χ0n) is 9.50. The first-order chi connectivity index (χ1) is 8.33. The molecule has 0 bridgehead atoms. The van der Waals surface area contributed by atoms with E-state index in [0.29, 0.717) is 0 Å². The first-order valence-corrected chi connectivity index (χ1v) is 5.50. The van der Waals surface area contributed by atoms with Gasteiger partial charge < -0.3 is 4.74 Å². The van der Waals surface area contributed by atoms with E-state index in [2.05, 4.69) is 5.10 Å². The lowest BCUT2D eigenvalue weighted by Gasteiger charge is -2.05. The van der Waals surface area contributed by atoms with Gasteiger partial charge in [0.15, 0.2) is 0 Å². The van der Waals surface area contributed by atoms with Crippen molar-refractivity contribution in [2.24, 2.45) is 0 Å². The van der Waals surface area contributed by atoms with Gasteiger partial charge in [0.2, 0.25) is 0 Å². The molecule has 17 heavy (non-hydrogen) atoms. The van der Waals surface area contributed by atoms with E-state index in [9.17, 15) is 0 Å². The molecule has 2 heterocycles. The van der Waals surface area contributed by atoms with Crippen LogP contribution >= 0.6 is 0 Å². The summed E-state index contributed by atoms with van der Waals surface area (Å²) in [5.41, 5.74) is 2.21. The molecule has 0 aliphatic heterocycles. The second kappa shape index (κ2) is 3.94. The number of aromatic nitrogens is 2. The fraction of sp³-hybridized carbons (Fsp3) is 0.0714. The Morgan fingerprint density at radius 2 is 1.88 bits per heavy atom. The van der Waals surface area contributed by atoms with Gasteiger partial charge in [0.05, 0.1) is 11.7 Å². The summed E-state index contributed by atoms with van der Waals surface area (Å²) in [6.07, 6.45) is 3.75. The van der Waals surface area contributed by atoms with Crippen LogP contribution in [0.15, 0.2) is 54.9 Å². The minimum Gasteiger partial charge on any atom is -0.457 e. The minimum absolute atomic E-state index is 0.826. The highest BCUT2D eigenvalue weighted by molar-refractivity contribution is 5.56. The molecule has 0 saturated carbocycles. The summed E-state index contributed by atoms with van der Waals surface area (Å²) >= 11 is 0. The normalized spacial score (nSPS) is 10.6. The van der Waals surface area contributed by atoms with Gasteiger partial charge in [-0.25, -0.2) is 4.52 Å². The molecule has 0 N–H and O–H groups in total. The third-order valence-electron chi connectivity index (χ3n) is 2.66. The van der Waals surface area contributed by atoms with Crippen LogP contribution in [0.4, 0.5) is 0 Å². The second-order valence-corrected chi connectivity index (χ2v) is 3.93. The van der Waals surface area contributed by atoms with E-state index in [1.54, 1.807) is 0 Å². The minimum atomic E-state index is 0.826. The lowest BCUT2D eigenvalue weighted by molar-refractivity contribution is 0.482. The SMILES string of the molecule is Cc1cnn2ccc(Oc3ccccc3)cc12. The van der Waals surface area contributed by atoms with Crippen LogP contribution in [0, 0.1) is 6.92 Å². The molecular formula is C14H12N2O. The van der Waals surface area contributed by atoms with Gasteiger partial charge in [0, 0.05) is 12.3 Å². The quantitative estimate of drug-likeness (QED) is 0.666. The topological polar surface area (TPSA) is 26.5 Å². The van der Waals surface area contributed by atoms with E-state index in [1.807, 2.05) is 66.3 Å². The van der Waals surface area contributed by atoms with Gasteiger partial charge >= 0.3 is 0 Å². The van der Waals surface area contributed by atoms with Crippen LogP contribution in [0.2, 0.25) is 0 Å². The third kappa shape index (κ3) is 1.87. The second-order valence-electron chi connectivity index (χ2n) is 3.93. The van der Waals surface area contributed by atoms with Gasteiger partial charge in [-0.15, -0.1) is 0 Å². The molecule has 0 amide bonds. The number of hydrogen-bond donors (Lipinski definition) is 0. The molecule has 0 atom stereocenters. The lowest BCUT2D eigenvalue weighted by atomic mass is 10.3. The van der Waals surface area contributed by atoms with Crippen LogP contribution in [0.1, 0.15) is 5.56 Å². The summed E-state index contributed by atoms with van der Waals surface area (Å²) in [7, 11) is 0. The van der Waals surface area contributed by atoms with Crippen molar-refractivity contribution in [2.45, 2.75) is 6.92 Å². The molecule has 0 radical (unpaired) electrons. The van der Waals surface area contributed by atoms with E-state index in [0.717, 1.165) is 22.6 Å². The number of fused-ring (bicyclic) bond motifs is 1. The van der Waals surface area contributed by atoms with Crippen LogP contribution in [0.25, 0.3) is 5.52 Å².